The van der Waals surface area contributed by atoms with Gasteiger partial charge in [0.05, 0.1) is 0 Å². The van der Waals surface area contributed by atoms with Crippen LogP contribution in [0.25, 0.3) is 5.69 Å². The van der Waals surface area contributed by atoms with Gasteiger partial charge in [0.2, 0.25) is 0 Å². The van der Waals surface area contributed by atoms with E-state index in [0.717, 1.165) is 14.9 Å². The van der Waals surface area contributed by atoms with Crippen LogP contribution in [0.3, 0.4) is 0 Å². The minimum Gasteiger partial charge on any atom is -0.337 e. The Balaban J connectivity index is 2.67. The predicted molar refractivity (Wildman–Crippen MR) is 82.1 cm³/mol. The van der Waals surface area contributed by atoms with E-state index in [1.807, 2.05) is 6.20 Å². The molecule has 2 rings (SSSR count). The maximum Gasteiger partial charge on any atom is 0.182 e. The average molecular weight is 325 g/mol. The number of hydrogen-bond acceptors (Lipinski definition) is 1. The third-order valence-electron chi connectivity index (χ3n) is 2.96. The van der Waals surface area contributed by atoms with Crippen LogP contribution in [0, 0.1) is 11.7 Å². The Morgan fingerprint density at radius 1 is 1.28 bits per heavy atom. The molecule has 96 valence electrons. The van der Waals surface area contributed by atoms with Gasteiger partial charge in [-0.25, -0.2) is 0 Å². The molecule has 1 aromatic heterocycles. The molecule has 0 saturated carbocycles. The Hall–Kier alpha value is -0.870. The lowest BCUT2D eigenvalue weighted by atomic mass is 9.92. The number of aromatic nitrogens is 2. The fourth-order valence-electron chi connectivity index (χ4n) is 1.90. The lowest BCUT2D eigenvalue weighted by molar-refractivity contribution is 0.555. The van der Waals surface area contributed by atoms with Crippen molar-refractivity contribution >= 4 is 28.1 Å². The van der Waals surface area contributed by atoms with E-state index in [9.17, 15) is 0 Å². The third-order valence-corrected chi connectivity index (χ3v) is 4.11. The highest BCUT2D eigenvalue weighted by Gasteiger charge is 2.20. The topological polar surface area (TPSA) is 20.7 Å². The number of halogens is 1. The van der Waals surface area contributed by atoms with Gasteiger partial charge in [-0.2, -0.15) is 0 Å². The summed E-state index contributed by atoms with van der Waals surface area (Å²) >= 11 is 8.97. The summed E-state index contributed by atoms with van der Waals surface area (Å²) in [5.74, 6) is 0. The first-order valence-electron chi connectivity index (χ1n) is 5.88. The highest BCUT2D eigenvalue weighted by Crippen LogP contribution is 2.27. The molecule has 1 heterocycles. The Kier molecular flexibility index (Phi) is 3.52. The molecule has 0 atom stereocenters. The third kappa shape index (κ3) is 2.45. The van der Waals surface area contributed by atoms with Gasteiger partial charge in [-0.15, -0.1) is 0 Å². The molecular formula is C14H17BrN2S. The molecule has 0 unspecified atom stereocenters. The van der Waals surface area contributed by atoms with Gasteiger partial charge in [0.1, 0.15) is 0 Å². The number of aromatic amines is 1. The van der Waals surface area contributed by atoms with Crippen molar-refractivity contribution in [3.63, 3.8) is 0 Å². The lowest BCUT2D eigenvalue weighted by Crippen LogP contribution is -2.16. The maximum atomic E-state index is 5.39. The minimum atomic E-state index is 0.0465. The summed E-state index contributed by atoms with van der Waals surface area (Å²) in [5, 5.41) is 0. The molecule has 0 bridgehead atoms. The Morgan fingerprint density at radius 3 is 2.50 bits per heavy atom. The molecule has 2 nitrogen and oxygen atoms in total. The standard InChI is InChI=1S/C14H17BrN2S/c1-9-5-6-10(7-11(9)15)17-12(14(2,3)4)8-16-13(17)18/h5-8H,1-4H3,(H,16,18). The van der Waals surface area contributed by atoms with Crippen molar-refractivity contribution in [1.82, 2.24) is 9.55 Å². The molecule has 2 aromatic rings. The van der Waals surface area contributed by atoms with Crippen LogP contribution in [0.2, 0.25) is 0 Å². The number of benzene rings is 1. The van der Waals surface area contributed by atoms with E-state index in [1.54, 1.807) is 0 Å². The monoisotopic (exact) mass is 324 g/mol. The highest BCUT2D eigenvalue weighted by atomic mass is 79.9. The zero-order valence-corrected chi connectivity index (χ0v) is 13.4. The Labute approximate surface area is 121 Å². The normalized spacial score (nSPS) is 11.8. The van der Waals surface area contributed by atoms with Crippen LogP contribution in [0.15, 0.2) is 28.9 Å². The first-order valence-corrected chi connectivity index (χ1v) is 7.08. The van der Waals surface area contributed by atoms with Crippen molar-refractivity contribution in [3.05, 3.63) is 44.9 Å². The van der Waals surface area contributed by atoms with Crippen LogP contribution in [0.5, 0.6) is 0 Å². The number of hydrogen-bond donors (Lipinski definition) is 1. The van der Waals surface area contributed by atoms with Crippen LogP contribution in [-0.4, -0.2) is 9.55 Å². The van der Waals surface area contributed by atoms with Gasteiger partial charge in [-0.05, 0) is 36.8 Å². The van der Waals surface area contributed by atoms with Crippen LogP contribution >= 0.6 is 28.1 Å². The van der Waals surface area contributed by atoms with Gasteiger partial charge in [0.15, 0.2) is 4.77 Å². The van der Waals surface area contributed by atoms with Crippen LogP contribution in [0.1, 0.15) is 32.0 Å². The molecule has 1 aromatic carbocycles. The maximum absolute atomic E-state index is 5.39. The smallest absolute Gasteiger partial charge is 0.182 e. The van der Waals surface area contributed by atoms with Gasteiger partial charge in [-0.3, -0.25) is 4.57 Å². The summed E-state index contributed by atoms with van der Waals surface area (Å²) < 4.78 is 3.93. The quantitative estimate of drug-likeness (QED) is 0.739. The number of nitrogens with zero attached hydrogens (tertiary/aromatic N) is 1. The number of rotatable bonds is 1. The summed E-state index contributed by atoms with van der Waals surface area (Å²) in [4.78, 5) is 3.14. The van der Waals surface area contributed by atoms with Gasteiger partial charge in [0.25, 0.3) is 0 Å². The van der Waals surface area contributed by atoms with Crippen molar-refractivity contribution in [3.8, 4) is 5.69 Å². The fourth-order valence-corrected chi connectivity index (χ4v) is 2.53. The van der Waals surface area contributed by atoms with E-state index in [1.165, 1.54) is 11.3 Å². The average Bonchev–Trinajstić information content (AvgIpc) is 2.64. The van der Waals surface area contributed by atoms with Crippen LogP contribution < -0.4 is 0 Å². The summed E-state index contributed by atoms with van der Waals surface area (Å²) in [6.07, 6.45) is 2.00. The van der Waals surface area contributed by atoms with E-state index >= 15 is 0 Å². The van der Waals surface area contributed by atoms with E-state index < -0.39 is 0 Å². The lowest BCUT2D eigenvalue weighted by Gasteiger charge is -2.21. The number of aryl methyl sites for hydroxylation is 1. The first kappa shape index (κ1) is 13.6. The van der Waals surface area contributed by atoms with E-state index in [-0.39, 0.29) is 5.41 Å². The van der Waals surface area contributed by atoms with Gasteiger partial charge in [0, 0.05) is 27.5 Å². The SMILES string of the molecule is Cc1ccc(-n2c(C(C)(C)C)c[nH]c2=S)cc1Br. The van der Waals surface area contributed by atoms with E-state index in [4.69, 9.17) is 12.2 Å². The molecule has 0 spiro atoms. The van der Waals surface area contributed by atoms with Gasteiger partial charge >= 0.3 is 0 Å². The largest absolute Gasteiger partial charge is 0.337 e. The summed E-state index contributed by atoms with van der Waals surface area (Å²) in [6, 6.07) is 6.30. The molecule has 4 heteroatoms. The number of H-pyrrole nitrogens is 1. The van der Waals surface area contributed by atoms with Crippen molar-refractivity contribution in [2.45, 2.75) is 33.1 Å². The minimum absolute atomic E-state index is 0.0465. The zero-order chi connectivity index (χ0) is 13.5. The molecule has 0 aliphatic heterocycles. The van der Waals surface area contributed by atoms with Crippen molar-refractivity contribution in [1.29, 1.82) is 0 Å². The number of nitrogens with one attached hydrogen (secondary N) is 1. The molecular weight excluding hydrogens is 308 g/mol. The molecule has 0 radical (unpaired) electrons. The van der Waals surface area contributed by atoms with Crippen molar-refractivity contribution in [2.75, 3.05) is 0 Å². The van der Waals surface area contributed by atoms with Crippen LogP contribution in [0.4, 0.5) is 0 Å². The summed E-state index contributed by atoms with van der Waals surface area (Å²) in [6.45, 7) is 8.63. The molecule has 0 aliphatic carbocycles. The second-order valence-corrected chi connectivity index (χ2v) is 6.74. The van der Waals surface area contributed by atoms with Crippen molar-refractivity contribution in [2.24, 2.45) is 0 Å². The molecule has 0 amide bonds. The zero-order valence-electron chi connectivity index (χ0n) is 11.0. The van der Waals surface area contributed by atoms with Gasteiger partial charge < -0.3 is 4.98 Å². The molecule has 18 heavy (non-hydrogen) atoms. The van der Waals surface area contributed by atoms with Crippen molar-refractivity contribution < 1.29 is 0 Å². The summed E-state index contributed by atoms with van der Waals surface area (Å²) in [7, 11) is 0. The fraction of sp³-hybridized carbons (Fsp3) is 0.357. The second-order valence-electron chi connectivity index (χ2n) is 5.50. The van der Waals surface area contributed by atoms with Crippen LogP contribution in [-0.2, 0) is 5.41 Å². The Morgan fingerprint density at radius 2 is 1.94 bits per heavy atom. The second kappa shape index (κ2) is 4.67. The molecule has 0 aliphatic rings. The first-order chi connectivity index (χ1) is 8.30. The highest BCUT2D eigenvalue weighted by molar-refractivity contribution is 9.10. The molecule has 0 fully saturated rings. The Bertz CT molecular complexity index is 632. The predicted octanol–water partition coefficient (Wildman–Crippen LogP) is 4.90. The van der Waals surface area contributed by atoms with E-state index in [0.29, 0.717) is 0 Å². The molecule has 1 N–H and O–H groups in total. The van der Waals surface area contributed by atoms with E-state index in [2.05, 4.69) is 71.4 Å². The number of imidazole rings is 1. The summed E-state index contributed by atoms with van der Waals surface area (Å²) in [5.41, 5.74) is 3.54. The molecule has 0 saturated heterocycles. The van der Waals surface area contributed by atoms with Gasteiger partial charge in [-0.1, -0.05) is 42.8 Å².